The molecule has 10 heteroatoms. The van der Waals surface area contributed by atoms with E-state index in [9.17, 15) is 27.9 Å². The summed E-state index contributed by atoms with van der Waals surface area (Å²) < 4.78 is 39.3. The van der Waals surface area contributed by atoms with E-state index in [-0.39, 0.29) is 37.0 Å². The highest BCUT2D eigenvalue weighted by Crippen LogP contribution is 2.50. The van der Waals surface area contributed by atoms with Crippen LogP contribution in [0.5, 0.6) is 0 Å². The molecular weight excluding hydrogens is 496 g/mol. The summed E-state index contributed by atoms with van der Waals surface area (Å²) in [6.07, 6.45) is -6.03. The third kappa shape index (κ3) is 4.37. The molecule has 0 amide bonds. The van der Waals surface area contributed by atoms with Crippen molar-refractivity contribution in [1.29, 1.82) is 0 Å². The van der Waals surface area contributed by atoms with Crippen molar-refractivity contribution in [2.24, 2.45) is 0 Å². The van der Waals surface area contributed by atoms with E-state index in [4.69, 9.17) is 34.8 Å². The normalized spacial score (nSPS) is 13.8. The number of carbonyl (C=O) groups is 2. The maximum atomic E-state index is 14.1. The lowest BCUT2D eigenvalue weighted by Gasteiger charge is -2.31. The van der Waals surface area contributed by atoms with Crippen LogP contribution in [0, 0.1) is 0 Å². The standard InChI is InChI=1S/C21H12Cl3F3O3S/c22-15-7-10(8-16(23)18(15)24)20(31,21(25,26)27)9-17(28)13-5-6-14(19(29)30)12-4-2-1-3-11(12)13/h1-8,31H,9H2,(H,29,30). The van der Waals surface area contributed by atoms with Crippen molar-refractivity contribution in [1.82, 2.24) is 0 Å². The fraction of sp³-hybridized carbons (Fsp3) is 0.143. The molecule has 0 spiro atoms. The summed E-state index contributed by atoms with van der Waals surface area (Å²) in [7, 11) is 0. The maximum absolute atomic E-state index is 14.1. The highest BCUT2D eigenvalue weighted by atomic mass is 35.5. The SMILES string of the molecule is O=C(O)c1ccc(C(=O)CC(S)(c2cc(Cl)c(Cl)c(Cl)c2)C(F)(F)F)c2ccccc12. The van der Waals surface area contributed by atoms with Crippen molar-refractivity contribution in [3.05, 3.63) is 80.3 Å². The lowest BCUT2D eigenvalue weighted by Crippen LogP contribution is -2.39. The zero-order chi connectivity index (χ0) is 23.1. The number of hydrogen-bond donors (Lipinski definition) is 2. The fourth-order valence-corrected chi connectivity index (χ4v) is 4.09. The smallest absolute Gasteiger partial charge is 0.407 e. The van der Waals surface area contributed by atoms with Gasteiger partial charge in [0.25, 0.3) is 0 Å². The second-order valence-electron chi connectivity index (χ2n) is 6.72. The Labute approximate surface area is 195 Å². The van der Waals surface area contributed by atoms with E-state index >= 15 is 0 Å². The van der Waals surface area contributed by atoms with Gasteiger partial charge < -0.3 is 5.11 Å². The molecule has 0 saturated heterocycles. The summed E-state index contributed by atoms with van der Waals surface area (Å²) in [4.78, 5) is 24.5. The molecule has 0 fully saturated rings. The molecule has 0 saturated carbocycles. The minimum absolute atomic E-state index is 0.0607. The summed E-state index contributed by atoms with van der Waals surface area (Å²) in [6.45, 7) is 0. The Morgan fingerprint density at radius 2 is 1.39 bits per heavy atom. The molecule has 0 bridgehead atoms. The number of ketones is 1. The summed E-state index contributed by atoms with van der Waals surface area (Å²) in [5.41, 5.74) is -0.576. The van der Waals surface area contributed by atoms with Crippen LogP contribution in [-0.4, -0.2) is 23.0 Å². The maximum Gasteiger partial charge on any atom is 0.407 e. The van der Waals surface area contributed by atoms with Gasteiger partial charge in [-0.05, 0) is 40.6 Å². The molecule has 3 rings (SSSR count). The second kappa shape index (κ2) is 8.54. The number of carbonyl (C=O) groups excluding carboxylic acids is 1. The number of halogens is 6. The first-order valence-electron chi connectivity index (χ1n) is 8.59. The molecule has 0 aliphatic rings. The Balaban J connectivity index is 2.14. The molecule has 1 unspecified atom stereocenters. The lowest BCUT2D eigenvalue weighted by atomic mass is 9.88. The Kier molecular flexibility index (Phi) is 6.54. The van der Waals surface area contributed by atoms with Crippen LogP contribution in [-0.2, 0) is 4.75 Å². The van der Waals surface area contributed by atoms with Gasteiger partial charge in [-0.25, -0.2) is 4.79 Å². The largest absolute Gasteiger partial charge is 0.478 e. The molecule has 1 atom stereocenters. The number of fused-ring (bicyclic) bond motifs is 1. The molecule has 162 valence electrons. The van der Waals surface area contributed by atoms with Crippen LogP contribution in [0.4, 0.5) is 13.2 Å². The molecule has 1 N–H and O–H groups in total. The van der Waals surface area contributed by atoms with Gasteiger partial charge in [-0.3, -0.25) is 4.79 Å². The highest BCUT2D eigenvalue weighted by Gasteiger charge is 2.55. The molecule has 31 heavy (non-hydrogen) atoms. The molecular formula is C21H12Cl3F3O3S. The number of rotatable bonds is 5. The number of alkyl halides is 3. The van der Waals surface area contributed by atoms with Crippen LogP contribution in [0.2, 0.25) is 15.1 Å². The lowest BCUT2D eigenvalue weighted by molar-refractivity contribution is -0.160. The summed E-state index contributed by atoms with van der Waals surface area (Å²) in [6, 6.07) is 10.4. The zero-order valence-corrected chi connectivity index (χ0v) is 18.5. The number of carboxylic acids is 1. The first kappa shape index (κ1) is 23.7. The number of Topliss-reactive ketones (excluding diaryl/α,β-unsaturated/α-hetero) is 1. The van der Waals surface area contributed by atoms with Crippen molar-refractivity contribution in [3.63, 3.8) is 0 Å². The van der Waals surface area contributed by atoms with E-state index in [0.717, 1.165) is 12.1 Å². The quantitative estimate of drug-likeness (QED) is 0.214. The average molecular weight is 508 g/mol. The van der Waals surface area contributed by atoms with Crippen molar-refractivity contribution in [3.8, 4) is 0 Å². The van der Waals surface area contributed by atoms with E-state index in [1.807, 2.05) is 0 Å². The van der Waals surface area contributed by atoms with Gasteiger partial charge in [-0.15, -0.1) is 0 Å². The minimum atomic E-state index is -4.96. The third-order valence-corrected chi connectivity index (χ3v) is 6.67. The van der Waals surface area contributed by atoms with Gasteiger partial charge in [0.1, 0.15) is 4.75 Å². The Morgan fingerprint density at radius 3 is 1.87 bits per heavy atom. The number of aromatic carboxylic acids is 1. The first-order chi connectivity index (χ1) is 14.4. The van der Waals surface area contributed by atoms with Gasteiger partial charge in [-0.1, -0.05) is 59.1 Å². The molecule has 0 aromatic heterocycles. The summed E-state index contributed by atoms with van der Waals surface area (Å²) in [5.74, 6) is -2.11. The topological polar surface area (TPSA) is 54.4 Å². The van der Waals surface area contributed by atoms with E-state index in [1.54, 1.807) is 12.1 Å². The Bertz CT molecular complexity index is 1190. The highest BCUT2D eigenvalue weighted by molar-refractivity contribution is 7.81. The molecule has 0 radical (unpaired) electrons. The fourth-order valence-electron chi connectivity index (χ4n) is 3.22. The summed E-state index contributed by atoms with van der Waals surface area (Å²) >= 11 is 21.5. The number of carboxylic acid groups (broad SMARTS) is 1. The number of hydrogen-bond acceptors (Lipinski definition) is 3. The van der Waals surface area contributed by atoms with Crippen molar-refractivity contribution >= 4 is 70.0 Å². The van der Waals surface area contributed by atoms with Gasteiger partial charge in [0.15, 0.2) is 5.78 Å². The third-order valence-electron chi connectivity index (χ3n) is 4.80. The molecule has 3 aromatic rings. The van der Waals surface area contributed by atoms with Crippen LogP contribution in [0.1, 0.15) is 32.7 Å². The predicted octanol–water partition coefficient (Wildman–Crippen LogP) is 7.46. The van der Waals surface area contributed by atoms with Gasteiger partial charge in [0.2, 0.25) is 0 Å². The first-order valence-corrected chi connectivity index (χ1v) is 10.2. The van der Waals surface area contributed by atoms with Gasteiger partial charge in [0, 0.05) is 12.0 Å². The van der Waals surface area contributed by atoms with E-state index in [2.05, 4.69) is 12.6 Å². The Hall–Kier alpha value is -1.93. The van der Waals surface area contributed by atoms with E-state index in [0.29, 0.717) is 0 Å². The Morgan fingerprint density at radius 1 is 0.903 bits per heavy atom. The molecule has 3 aromatic carbocycles. The van der Waals surface area contributed by atoms with Crippen LogP contribution >= 0.6 is 47.4 Å². The van der Waals surface area contributed by atoms with E-state index in [1.165, 1.54) is 24.3 Å². The summed E-state index contributed by atoms with van der Waals surface area (Å²) in [5, 5.41) is 9.25. The van der Waals surface area contributed by atoms with Gasteiger partial charge in [0.05, 0.1) is 20.6 Å². The van der Waals surface area contributed by atoms with Crippen molar-refractivity contribution in [2.45, 2.75) is 17.3 Å². The predicted molar refractivity (Wildman–Crippen MR) is 118 cm³/mol. The van der Waals surface area contributed by atoms with E-state index < -0.39 is 34.7 Å². The monoisotopic (exact) mass is 506 g/mol. The zero-order valence-electron chi connectivity index (χ0n) is 15.3. The van der Waals surface area contributed by atoms with Crippen LogP contribution in [0.25, 0.3) is 10.8 Å². The van der Waals surface area contributed by atoms with Crippen LogP contribution < -0.4 is 0 Å². The van der Waals surface area contributed by atoms with Crippen LogP contribution in [0.15, 0.2) is 48.5 Å². The molecule has 3 nitrogen and oxygen atoms in total. The van der Waals surface area contributed by atoms with Gasteiger partial charge >= 0.3 is 12.1 Å². The number of benzene rings is 3. The molecule has 0 heterocycles. The van der Waals surface area contributed by atoms with Gasteiger partial charge in [-0.2, -0.15) is 25.8 Å². The molecule has 0 aliphatic carbocycles. The minimum Gasteiger partial charge on any atom is -0.478 e. The van der Waals surface area contributed by atoms with Crippen LogP contribution in [0.3, 0.4) is 0 Å². The number of thiol groups is 1. The average Bonchev–Trinajstić information content (AvgIpc) is 2.69. The van der Waals surface area contributed by atoms with Crippen molar-refractivity contribution < 1.29 is 27.9 Å². The van der Waals surface area contributed by atoms with Crippen molar-refractivity contribution in [2.75, 3.05) is 0 Å². The molecule has 0 aliphatic heterocycles. The second-order valence-corrected chi connectivity index (χ2v) is 8.68.